The maximum Gasteiger partial charge on any atom is 0.261 e. The number of hydrogen-bond acceptors (Lipinski definition) is 22. The van der Waals surface area contributed by atoms with Crippen LogP contribution in [0.15, 0.2) is 0 Å². The molecule has 34 nitrogen and oxygen atoms in total. The van der Waals surface area contributed by atoms with Gasteiger partial charge in [-0.3, -0.25) is 88.3 Å². The molecule has 0 aromatic carbocycles. The summed E-state index contributed by atoms with van der Waals surface area (Å²) in [5.74, 6) is -4.10. The Hall–Kier alpha value is -5.80. The van der Waals surface area contributed by atoms with E-state index in [1.54, 1.807) is 0 Å². The number of nitrogens with zero attached hydrogens (tertiary/aromatic N) is 6. The zero-order chi connectivity index (χ0) is 67.9. The van der Waals surface area contributed by atoms with Crippen LogP contribution in [0.1, 0.15) is 181 Å². The Balaban J connectivity index is -0.000000692. The number of hydrogen-bond donors (Lipinski definition) is 14. The molecule has 0 unspecified atom stereocenters. The molecular weight excluding hydrogens is 1210 g/mol. The van der Waals surface area contributed by atoms with E-state index in [1.165, 1.54) is 13.8 Å². The average Bonchev–Trinajstić information content (AvgIpc) is 3.47. The molecule has 516 valence electrons. The van der Waals surface area contributed by atoms with Crippen molar-refractivity contribution in [3.05, 3.63) is 0 Å². The van der Waals surface area contributed by atoms with Gasteiger partial charge in [0.05, 0.1) is 12.5 Å². The molecule has 0 fully saturated rings. The molecular formula is C52H104N12O22S2. The fraction of sp³-hybridized carbons (Fsp3) is 0.808. The first-order valence-corrected chi connectivity index (χ1v) is 33.1. The summed E-state index contributed by atoms with van der Waals surface area (Å²) in [6, 6.07) is 0. The van der Waals surface area contributed by atoms with Gasteiger partial charge in [0.15, 0.2) is 0 Å². The van der Waals surface area contributed by atoms with E-state index in [0.717, 1.165) is 38.5 Å². The summed E-state index contributed by atoms with van der Waals surface area (Å²) in [4.78, 5) is 117. The molecule has 0 aromatic rings. The predicted molar refractivity (Wildman–Crippen MR) is 317 cm³/mol. The minimum Gasteiger partial charge on any atom is -0.356 e. The smallest absolute Gasteiger partial charge is 0.261 e. The van der Waals surface area contributed by atoms with Crippen LogP contribution >= 0.6 is 0 Å². The molecule has 0 aliphatic heterocycles. The molecule has 36 heteroatoms. The van der Waals surface area contributed by atoms with Gasteiger partial charge < -0.3 is 32.7 Å². The Labute approximate surface area is 517 Å². The fourth-order valence-corrected chi connectivity index (χ4v) is 6.90. The Morgan fingerprint density at radius 3 is 0.648 bits per heavy atom. The van der Waals surface area contributed by atoms with Crippen molar-refractivity contribution in [2.75, 3.05) is 91.0 Å². The van der Waals surface area contributed by atoms with Crippen LogP contribution in [0, 0.1) is 0 Å². The molecule has 0 spiro atoms. The van der Waals surface area contributed by atoms with Crippen molar-refractivity contribution in [3.63, 3.8) is 0 Å². The van der Waals surface area contributed by atoms with Crippen molar-refractivity contribution in [1.82, 2.24) is 51.6 Å². The highest BCUT2D eigenvalue weighted by atomic mass is 32.2. The fourth-order valence-electron chi connectivity index (χ4n) is 6.90. The number of hydroxylamine groups is 12. The Kier molecular flexibility index (Phi) is 56.8. The van der Waals surface area contributed by atoms with Crippen LogP contribution in [-0.2, 0) is 68.2 Å². The molecule has 0 atom stereocenters. The first kappa shape index (κ1) is 88.6. The van der Waals surface area contributed by atoms with E-state index < -0.39 is 55.7 Å². The minimum atomic E-state index is -3.67. The van der Waals surface area contributed by atoms with Crippen LogP contribution in [0.2, 0.25) is 0 Å². The molecule has 0 bridgehead atoms. The maximum atomic E-state index is 12.0. The standard InChI is InChI=1S/2C25H48N6O8.2CH4O3S/c2*1-21(32)29(37)18-9-3-6-16-27-22(33)12-14-25(36)31(39)20-10-4-7-17-28-23(34)11-13-24(35)30(38)19-8-2-5-15-26;2*1-5(2,3)4/h2*37-39H,2-20,26H2,1H3,(H,27,33)(H,28,34);2*1H3,(H,2,3,4). The summed E-state index contributed by atoms with van der Waals surface area (Å²) in [6.45, 7) is 6.44. The molecule has 0 aliphatic rings. The molecule has 88 heavy (non-hydrogen) atoms. The van der Waals surface area contributed by atoms with Crippen LogP contribution in [0.25, 0.3) is 0 Å². The second kappa shape index (κ2) is 56.4. The third-order valence-electron chi connectivity index (χ3n) is 11.8. The highest BCUT2D eigenvalue weighted by Crippen LogP contribution is 2.06. The second-order valence-corrected chi connectivity index (χ2v) is 23.1. The highest BCUT2D eigenvalue weighted by Gasteiger charge is 2.17. The number of nitrogens with one attached hydrogen (secondary N) is 4. The van der Waals surface area contributed by atoms with Gasteiger partial charge in [0.1, 0.15) is 0 Å². The summed E-state index contributed by atoms with van der Waals surface area (Å²) < 4.78 is 51.7. The summed E-state index contributed by atoms with van der Waals surface area (Å²) in [5.41, 5.74) is 10.8. The summed E-state index contributed by atoms with van der Waals surface area (Å²) >= 11 is 0. The van der Waals surface area contributed by atoms with E-state index in [-0.39, 0.29) is 114 Å². The second-order valence-electron chi connectivity index (χ2n) is 20.2. The number of nitrogens with two attached hydrogens (primary N) is 2. The molecule has 0 saturated heterocycles. The van der Waals surface area contributed by atoms with Gasteiger partial charge in [0, 0.05) is 131 Å². The Bertz CT molecular complexity index is 2040. The zero-order valence-electron chi connectivity index (χ0n) is 51.8. The molecule has 0 saturated carbocycles. The molecule has 0 aromatic heterocycles. The summed E-state index contributed by atoms with van der Waals surface area (Å²) in [5, 5.41) is 72.1. The predicted octanol–water partition coefficient (Wildman–Crippen LogP) is 0.852. The Morgan fingerprint density at radius 1 is 0.307 bits per heavy atom. The van der Waals surface area contributed by atoms with Crippen LogP contribution in [0.3, 0.4) is 0 Å². The molecule has 0 aliphatic carbocycles. The van der Waals surface area contributed by atoms with Crippen LogP contribution < -0.4 is 32.7 Å². The van der Waals surface area contributed by atoms with Gasteiger partial charge in [-0.1, -0.05) is 12.8 Å². The largest absolute Gasteiger partial charge is 0.356 e. The number of amides is 10. The van der Waals surface area contributed by atoms with E-state index >= 15 is 0 Å². The normalized spacial score (nSPS) is 10.7. The van der Waals surface area contributed by atoms with E-state index in [9.17, 15) is 96.0 Å². The third-order valence-corrected chi connectivity index (χ3v) is 11.8. The minimum absolute atomic E-state index is 0.0191. The summed E-state index contributed by atoms with van der Waals surface area (Å²) in [6.07, 6.45) is 13.1. The topological polar surface area (TPSA) is 520 Å². The van der Waals surface area contributed by atoms with Gasteiger partial charge in [0.2, 0.25) is 59.1 Å². The number of carbonyl (C=O) groups excluding carboxylic acids is 10. The third kappa shape index (κ3) is 67.7. The van der Waals surface area contributed by atoms with Crippen molar-refractivity contribution >= 4 is 79.3 Å². The van der Waals surface area contributed by atoms with E-state index in [4.69, 9.17) is 20.6 Å². The van der Waals surface area contributed by atoms with Crippen molar-refractivity contribution in [2.24, 2.45) is 11.5 Å². The number of carbonyl (C=O) groups is 10. The lowest BCUT2D eigenvalue weighted by molar-refractivity contribution is -0.166. The number of unbranched alkanes of at least 4 members (excludes halogenated alkanes) is 12. The van der Waals surface area contributed by atoms with E-state index in [0.29, 0.717) is 159 Å². The number of rotatable bonds is 46. The molecule has 0 radical (unpaired) electrons. The lowest BCUT2D eigenvalue weighted by Gasteiger charge is -2.15. The molecule has 0 rings (SSSR count). The van der Waals surface area contributed by atoms with E-state index in [2.05, 4.69) is 21.3 Å². The molecule has 0 heterocycles. The van der Waals surface area contributed by atoms with Gasteiger partial charge in [0.25, 0.3) is 20.2 Å². The maximum absolute atomic E-state index is 12.0. The van der Waals surface area contributed by atoms with Gasteiger partial charge in [-0.05, 0) is 116 Å². The van der Waals surface area contributed by atoms with E-state index in [1.807, 2.05) is 0 Å². The lowest BCUT2D eigenvalue weighted by atomic mass is 10.2. The van der Waals surface area contributed by atoms with Crippen molar-refractivity contribution < 1.29 is 105 Å². The first-order valence-electron chi connectivity index (χ1n) is 29.4. The van der Waals surface area contributed by atoms with Crippen molar-refractivity contribution in [1.29, 1.82) is 0 Å². The molecule has 10 amide bonds. The first-order chi connectivity index (χ1) is 41.2. The average molecular weight is 1310 g/mol. The van der Waals surface area contributed by atoms with Gasteiger partial charge in [-0.25, -0.2) is 30.4 Å². The van der Waals surface area contributed by atoms with Gasteiger partial charge >= 0.3 is 0 Å². The molecule has 16 N–H and O–H groups in total. The van der Waals surface area contributed by atoms with Crippen LogP contribution in [0.4, 0.5) is 0 Å². The van der Waals surface area contributed by atoms with Crippen molar-refractivity contribution in [2.45, 2.75) is 181 Å². The SMILES string of the molecule is CC(=O)N(O)CCCCCNC(=O)CCC(=O)N(O)CCCCCNC(=O)CCC(=O)N(O)CCCCCN.CC(=O)N(O)CCCCCNC(=O)CCC(=O)N(O)CCCCCNC(=O)CCC(=O)N(O)CCCCCN.CS(=O)(=O)O.CS(=O)(=O)O. The lowest BCUT2D eigenvalue weighted by Crippen LogP contribution is -2.31. The van der Waals surface area contributed by atoms with Gasteiger partial charge in [-0.15, -0.1) is 0 Å². The van der Waals surface area contributed by atoms with Crippen LogP contribution in [-0.4, -0.2) is 238 Å². The summed E-state index contributed by atoms with van der Waals surface area (Å²) in [7, 11) is -7.33. The van der Waals surface area contributed by atoms with Crippen molar-refractivity contribution in [3.8, 4) is 0 Å². The zero-order valence-corrected chi connectivity index (χ0v) is 53.5. The Morgan fingerprint density at radius 2 is 0.477 bits per heavy atom. The van der Waals surface area contributed by atoms with Gasteiger partial charge in [-0.2, -0.15) is 16.8 Å². The van der Waals surface area contributed by atoms with Crippen LogP contribution in [0.5, 0.6) is 0 Å². The monoisotopic (exact) mass is 1310 g/mol. The highest BCUT2D eigenvalue weighted by molar-refractivity contribution is 7.85. The quantitative estimate of drug-likeness (QED) is 0.0174.